The molecular weight excluding hydrogens is 216 g/mol. The second-order valence-electron chi connectivity index (χ2n) is 4.49. The van der Waals surface area contributed by atoms with E-state index in [0.717, 1.165) is 18.5 Å². The third-order valence-corrected chi connectivity index (χ3v) is 3.00. The Morgan fingerprint density at radius 1 is 1.53 bits per heavy atom. The number of aromatic nitrogens is 2. The fourth-order valence-electron chi connectivity index (χ4n) is 1.63. The second kappa shape index (κ2) is 6.55. The summed E-state index contributed by atoms with van der Waals surface area (Å²) < 4.78 is 1.87. The van der Waals surface area contributed by atoms with Gasteiger partial charge in [0, 0.05) is 12.2 Å². The van der Waals surface area contributed by atoms with Crippen LogP contribution in [0.1, 0.15) is 51.8 Å². The summed E-state index contributed by atoms with van der Waals surface area (Å²) >= 11 is 0. The first kappa shape index (κ1) is 13.9. The van der Waals surface area contributed by atoms with E-state index in [-0.39, 0.29) is 12.2 Å². The first-order valence-corrected chi connectivity index (χ1v) is 6.33. The molecule has 0 amide bonds. The van der Waals surface area contributed by atoms with Crippen LogP contribution in [0.3, 0.4) is 0 Å². The fourth-order valence-corrected chi connectivity index (χ4v) is 1.63. The molecule has 1 aromatic rings. The first-order valence-electron chi connectivity index (χ1n) is 6.33. The minimum Gasteiger partial charge on any atom is -0.385 e. The molecule has 0 saturated heterocycles. The molecule has 4 nitrogen and oxygen atoms in total. The summed E-state index contributed by atoms with van der Waals surface area (Å²) in [7, 11) is 0. The smallest absolute Gasteiger partial charge is 0.167 e. The summed E-state index contributed by atoms with van der Waals surface area (Å²) in [5.74, 6) is -0.138. The number of hydrogen-bond donors (Lipinski definition) is 1. The van der Waals surface area contributed by atoms with E-state index in [1.54, 1.807) is 0 Å². The Labute approximate surface area is 103 Å². The maximum absolute atomic E-state index is 11.7. The summed E-state index contributed by atoms with van der Waals surface area (Å²) in [6.07, 6.45) is 3.63. The molecule has 0 aromatic carbocycles. The maximum Gasteiger partial charge on any atom is 0.167 e. The Morgan fingerprint density at radius 3 is 2.82 bits per heavy atom. The molecular formula is C13H22N2O2. The van der Waals surface area contributed by atoms with Crippen molar-refractivity contribution < 1.29 is 9.90 Å². The van der Waals surface area contributed by atoms with Gasteiger partial charge in [-0.1, -0.05) is 20.3 Å². The van der Waals surface area contributed by atoms with Crippen molar-refractivity contribution in [2.24, 2.45) is 0 Å². The van der Waals surface area contributed by atoms with Gasteiger partial charge >= 0.3 is 0 Å². The molecule has 1 heterocycles. The Morgan fingerprint density at radius 2 is 2.24 bits per heavy atom. The summed E-state index contributed by atoms with van der Waals surface area (Å²) in [5.41, 5.74) is 0.741. The van der Waals surface area contributed by atoms with Crippen LogP contribution in [0.4, 0.5) is 0 Å². The molecule has 0 aliphatic rings. The minimum atomic E-state index is -0.839. The number of rotatable bonds is 7. The van der Waals surface area contributed by atoms with E-state index < -0.39 is 6.10 Å². The van der Waals surface area contributed by atoms with Crippen molar-refractivity contribution in [3.8, 4) is 0 Å². The van der Waals surface area contributed by atoms with Crippen LogP contribution in [-0.4, -0.2) is 26.8 Å². The molecule has 1 aromatic heterocycles. The lowest BCUT2D eigenvalue weighted by Gasteiger charge is -2.09. The molecule has 0 aliphatic carbocycles. The number of nitrogens with zero attached hydrogens (tertiary/aromatic N) is 2. The monoisotopic (exact) mass is 238 g/mol. The van der Waals surface area contributed by atoms with Crippen LogP contribution in [0.25, 0.3) is 0 Å². The largest absolute Gasteiger partial charge is 0.385 e. The summed E-state index contributed by atoms with van der Waals surface area (Å²) in [6.45, 7) is 6.14. The number of hydrogen-bond acceptors (Lipinski definition) is 3. The Kier molecular flexibility index (Phi) is 5.35. The van der Waals surface area contributed by atoms with Crippen molar-refractivity contribution in [2.45, 2.75) is 58.6 Å². The van der Waals surface area contributed by atoms with Crippen LogP contribution in [0.5, 0.6) is 0 Å². The average Bonchev–Trinajstić information content (AvgIpc) is 2.76. The highest BCUT2D eigenvalue weighted by molar-refractivity contribution is 5.84. The van der Waals surface area contributed by atoms with Gasteiger partial charge in [0.1, 0.15) is 6.10 Å². The van der Waals surface area contributed by atoms with Gasteiger partial charge in [-0.15, -0.1) is 0 Å². The van der Waals surface area contributed by atoms with E-state index in [1.807, 2.05) is 23.9 Å². The Bertz CT molecular complexity index is 360. The van der Waals surface area contributed by atoms with Gasteiger partial charge in [-0.3, -0.25) is 9.48 Å². The topological polar surface area (TPSA) is 55.1 Å². The molecule has 2 unspecified atom stereocenters. The number of Topliss-reactive ketones (excluding diaryl/α,β-unsaturated/α-hetero) is 1. The van der Waals surface area contributed by atoms with Gasteiger partial charge in [0.2, 0.25) is 0 Å². The van der Waals surface area contributed by atoms with Crippen LogP contribution in [0.15, 0.2) is 12.3 Å². The summed E-state index contributed by atoms with van der Waals surface area (Å²) in [6, 6.07) is 2.20. The van der Waals surface area contributed by atoms with Gasteiger partial charge in [0.15, 0.2) is 5.78 Å². The number of ketones is 1. The Hall–Kier alpha value is -1.16. The van der Waals surface area contributed by atoms with Crippen molar-refractivity contribution in [2.75, 3.05) is 0 Å². The lowest BCUT2D eigenvalue weighted by molar-refractivity contribution is -0.126. The normalized spacial score (nSPS) is 14.6. The van der Waals surface area contributed by atoms with E-state index in [2.05, 4.69) is 18.9 Å². The standard InChI is InChI=1S/C13H22N2O2/c1-4-6-12(16)13(17)9-11-7-8-15(14-11)10(3)5-2/h7-8,10,12,16H,4-6,9H2,1-3H3. The highest BCUT2D eigenvalue weighted by Gasteiger charge is 2.16. The van der Waals surface area contributed by atoms with Gasteiger partial charge in [-0.25, -0.2) is 0 Å². The second-order valence-corrected chi connectivity index (χ2v) is 4.49. The molecule has 0 spiro atoms. The fraction of sp³-hybridized carbons (Fsp3) is 0.692. The van der Waals surface area contributed by atoms with Crippen LogP contribution < -0.4 is 0 Å². The molecule has 0 bridgehead atoms. The van der Waals surface area contributed by atoms with Crippen molar-refractivity contribution in [1.29, 1.82) is 0 Å². The van der Waals surface area contributed by atoms with Crippen molar-refractivity contribution in [3.05, 3.63) is 18.0 Å². The summed E-state index contributed by atoms with van der Waals surface area (Å²) in [5, 5.41) is 13.9. The van der Waals surface area contributed by atoms with Crippen molar-refractivity contribution in [3.63, 3.8) is 0 Å². The number of carbonyl (C=O) groups excluding carboxylic acids is 1. The van der Waals surface area contributed by atoms with Gasteiger partial charge in [0.25, 0.3) is 0 Å². The van der Waals surface area contributed by atoms with Crippen molar-refractivity contribution >= 4 is 5.78 Å². The van der Waals surface area contributed by atoms with Crippen LogP contribution >= 0.6 is 0 Å². The third-order valence-electron chi connectivity index (χ3n) is 3.00. The van der Waals surface area contributed by atoms with Gasteiger partial charge < -0.3 is 5.11 Å². The van der Waals surface area contributed by atoms with Gasteiger partial charge in [-0.2, -0.15) is 5.10 Å². The lowest BCUT2D eigenvalue weighted by atomic mass is 10.1. The molecule has 0 aliphatic heterocycles. The van der Waals surface area contributed by atoms with E-state index in [9.17, 15) is 9.90 Å². The predicted molar refractivity (Wildman–Crippen MR) is 66.9 cm³/mol. The molecule has 2 atom stereocenters. The number of aliphatic hydroxyl groups is 1. The van der Waals surface area contributed by atoms with Crippen LogP contribution in [0.2, 0.25) is 0 Å². The quantitative estimate of drug-likeness (QED) is 0.791. The lowest BCUT2D eigenvalue weighted by Crippen LogP contribution is -2.22. The van der Waals surface area contributed by atoms with Crippen LogP contribution in [0, 0.1) is 0 Å². The molecule has 0 radical (unpaired) electrons. The zero-order valence-corrected chi connectivity index (χ0v) is 10.9. The highest BCUT2D eigenvalue weighted by Crippen LogP contribution is 2.10. The van der Waals surface area contributed by atoms with Crippen molar-refractivity contribution in [1.82, 2.24) is 9.78 Å². The van der Waals surface area contributed by atoms with E-state index in [1.165, 1.54) is 0 Å². The van der Waals surface area contributed by atoms with E-state index in [4.69, 9.17) is 0 Å². The molecule has 1 rings (SSSR count). The van der Waals surface area contributed by atoms with E-state index >= 15 is 0 Å². The average molecular weight is 238 g/mol. The zero-order valence-electron chi connectivity index (χ0n) is 10.9. The molecule has 96 valence electrons. The molecule has 0 saturated carbocycles. The highest BCUT2D eigenvalue weighted by atomic mass is 16.3. The molecule has 4 heteroatoms. The zero-order chi connectivity index (χ0) is 12.8. The van der Waals surface area contributed by atoms with Crippen LogP contribution in [-0.2, 0) is 11.2 Å². The molecule has 0 fully saturated rings. The number of aliphatic hydroxyl groups excluding tert-OH is 1. The SMILES string of the molecule is CCCC(O)C(=O)Cc1ccn(C(C)CC)n1. The van der Waals surface area contributed by atoms with Gasteiger partial charge in [0.05, 0.1) is 12.1 Å². The number of carbonyl (C=O) groups is 1. The molecule has 1 N–H and O–H groups in total. The first-order chi connectivity index (χ1) is 8.08. The van der Waals surface area contributed by atoms with E-state index in [0.29, 0.717) is 12.5 Å². The Balaban J connectivity index is 2.57. The van der Waals surface area contributed by atoms with Gasteiger partial charge in [-0.05, 0) is 25.8 Å². The summed E-state index contributed by atoms with van der Waals surface area (Å²) in [4.78, 5) is 11.7. The predicted octanol–water partition coefficient (Wildman–Crippen LogP) is 2.13. The minimum absolute atomic E-state index is 0.138. The third kappa shape index (κ3) is 3.97. The molecule has 17 heavy (non-hydrogen) atoms. The maximum atomic E-state index is 11.7.